The number of aryl methyl sites for hydroxylation is 1. The second-order valence-electron chi connectivity index (χ2n) is 9.38. The maximum absolute atomic E-state index is 13.2. The van der Waals surface area contributed by atoms with E-state index in [4.69, 9.17) is 0 Å². The van der Waals surface area contributed by atoms with Crippen molar-refractivity contribution < 1.29 is 5.11 Å². The first-order valence-electron chi connectivity index (χ1n) is 11.2. The Morgan fingerprint density at radius 2 is 1.89 bits per heavy atom. The van der Waals surface area contributed by atoms with Crippen LogP contribution < -0.4 is 5.69 Å². The lowest BCUT2D eigenvalue weighted by molar-refractivity contribution is 0.0612. The average molecular weight is 384 g/mol. The molecule has 1 saturated heterocycles. The van der Waals surface area contributed by atoms with Crippen LogP contribution in [-0.4, -0.2) is 45.4 Å². The van der Waals surface area contributed by atoms with Gasteiger partial charge in [0.15, 0.2) is 0 Å². The summed E-state index contributed by atoms with van der Waals surface area (Å²) in [5.74, 6) is 2.92. The number of fused-ring (bicyclic) bond motifs is 3. The SMILES string of the molecule is CCn1c(=O)n([C@@H]2CCN(C[C@@H]3C[C@@H]4CC[C@H]3C4)C[C@H]2CO)c2ccccc21. The van der Waals surface area contributed by atoms with Crippen LogP contribution in [0.1, 0.15) is 45.1 Å². The summed E-state index contributed by atoms with van der Waals surface area (Å²) < 4.78 is 3.85. The molecule has 1 aromatic carbocycles. The second kappa shape index (κ2) is 7.34. The molecular weight excluding hydrogens is 350 g/mol. The van der Waals surface area contributed by atoms with Gasteiger partial charge in [0, 0.05) is 44.7 Å². The summed E-state index contributed by atoms with van der Waals surface area (Å²) in [6.07, 6.45) is 6.70. The van der Waals surface area contributed by atoms with E-state index in [1.165, 1.54) is 32.2 Å². The number of imidazole rings is 1. The van der Waals surface area contributed by atoms with Crippen molar-refractivity contribution in [3.8, 4) is 0 Å². The van der Waals surface area contributed by atoms with Gasteiger partial charge >= 0.3 is 5.69 Å². The molecule has 0 amide bonds. The van der Waals surface area contributed by atoms with Crippen LogP contribution in [0.3, 0.4) is 0 Å². The van der Waals surface area contributed by atoms with Crippen molar-refractivity contribution in [3.05, 3.63) is 34.7 Å². The van der Waals surface area contributed by atoms with Crippen LogP contribution >= 0.6 is 0 Å². The minimum atomic E-state index is 0.0775. The molecule has 0 spiro atoms. The van der Waals surface area contributed by atoms with E-state index in [0.717, 1.165) is 48.3 Å². The molecule has 3 aliphatic rings. The highest BCUT2D eigenvalue weighted by molar-refractivity contribution is 5.76. The van der Waals surface area contributed by atoms with Gasteiger partial charge in [0.25, 0.3) is 0 Å². The van der Waals surface area contributed by atoms with Crippen LogP contribution in [0.15, 0.2) is 29.1 Å². The zero-order chi connectivity index (χ0) is 19.3. The first-order valence-corrected chi connectivity index (χ1v) is 11.2. The van der Waals surface area contributed by atoms with Crippen molar-refractivity contribution in [2.24, 2.45) is 23.7 Å². The molecule has 5 rings (SSSR count). The highest BCUT2D eigenvalue weighted by Gasteiger charge is 2.41. The standard InChI is InChI=1S/C23H33N3O2/c1-2-25-21-5-3-4-6-22(21)26(23(25)28)20-9-10-24(14-19(20)15-27)13-18-12-16-7-8-17(18)11-16/h3-6,16-20,27H,2,7-15H2,1H3/t16-,17+,18+,19+,20-/m1/s1. The zero-order valence-electron chi connectivity index (χ0n) is 17.0. The minimum absolute atomic E-state index is 0.0775. The van der Waals surface area contributed by atoms with E-state index in [2.05, 4.69) is 11.0 Å². The van der Waals surface area contributed by atoms with E-state index in [0.29, 0.717) is 6.54 Å². The number of aliphatic hydroxyl groups is 1. The number of aromatic nitrogens is 2. The average Bonchev–Trinajstić information content (AvgIpc) is 3.40. The number of hydrogen-bond acceptors (Lipinski definition) is 3. The van der Waals surface area contributed by atoms with Gasteiger partial charge in [0.1, 0.15) is 0 Å². The lowest BCUT2D eigenvalue weighted by atomic mass is 9.86. The van der Waals surface area contributed by atoms with E-state index in [-0.39, 0.29) is 24.3 Å². The molecule has 0 unspecified atom stereocenters. The van der Waals surface area contributed by atoms with Gasteiger partial charge < -0.3 is 10.0 Å². The Morgan fingerprint density at radius 3 is 2.57 bits per heavy atom. The van der Waals surface area contributed by atoms with E-state index in [9.17, 15) is 9.90 Å². The van der Waals surface area contributed by atoms with Crippen LogP contribution in [0.2, 0.25) is 0 Å². The van der Waals surface area contributed by atoms with Crippen LogP contribution in [0.5, 0.6) is 0 Å². The summed E-state index contributed by atoms with van der Waals surface area (Å²) in [5, 5.41) is 10.2. The molecule has 1 N–H and O–H groups in total. The molecule has 2 bridgehead atoms. The number of hydrogen-bond donors (Lipinski definition) is 1. The van der Waals surface area contributed by atoms with Gasteiger partial charge in [-0.25, -0.2) is 4.79 Å². The third kappa shape index (κ3) is 2.94. The molecule has 1 aromatic heterocycles. The molecule has 2 heterocycles. The zero-order valence-corrected chi connectivity index (χ0v) is 17.0. The fraction of sp³-hybridized carbons (Fsp3) is 0.696. The molecule has 5 nitrogen and oxygen atoms in total. The Balaban J connectivity index is 1.38. The molecule has 3 fully saturated rings. The Kier molecular flexibility index (Phi) is 4.84. The lowest BCUT2D eigenvalue weighted by Gasteiger charge is -2.40. The predicted octanol–water partition coefficient (Wildman–Crippen LogP) is 3.11. The van der Waals surface area contributed by atoms with E-state index in [1.807, 2.05) is 34.3 Å². The molecule has 28 heavy (non-hydrogen) atoms. The predicted molar refractivity (Wildman–Crippen MR) is 111 cm³/mol. The third-order valence-electron chi connectivity index (χ3n) is 7.91. The summed E-state index contributed by atoms with van der Waals surface area (Å²) in [4.78, 5) is 15.7. The summed E-state index contributed by atoms with van der Waals surface area (Å²) in [6, 6.07) is 8.19. The number of rotatable bonds is 5. The maximum atomic E-state index is 13.2. The van der Waals surface area contributed by atoms with Crippen molar-refractivity contribution in [1.29, 1.82) is 0 Å². The van der Waals surface area contributed by atoms with Crippen LogP contribution in [0.4, 0.5) is 0 Å². The Bertz CT molecular complexity index is 901. The lowest BCUT2D eigenvalue weighted by Crippen LogP contribution is -2.46. The fourth-order valence-corrected chi connectivity index (χ4v) is 6.57. The quantitative estimate of drug-likeness (QED) is 0.863. The first kappa shape index (κ1) is 18.4. The van der Waals surface area contributed by atoms with Crippen molar-refractivity contribution in [1.82, 2.24) is 14.0 Å². The molecule has 1 aliphatic heterocycles. The Morgan fingerprint density at radius 1 is 1.07 bits per heavy atom. The number of piperidine rings is 1. The van der Waals surface area contributed by atoms with Crippen molar-refractivity contribution in [2.75, 3.05) is 26.2 Å². The molecule has 2 aromatic rings. The van der Waals surface area contributed by atoms with Crippen molar-refractivity contribution in [2.45, 2.75) is 51.6 Å². The van der Waals surface area contributed by atoms with Gasteiger partial charge in [-0.05, 0) is 62.5 Å². The number of benzene rings is 1. The molecule has 152 valence electrons. The highest BCUT2D eigenvalue weighted by atomic mass is 16.3. The molecule has 2 saturated carbocycles. The maximum Gasteiger partial charge on any atom is 0.329 e. The normalized spacial score (nSPS) is 33.1. The fourth-order valence-electron chi connectivity index (χ4n) is 6.57. The van der Waals surface area contributed by atoms with Gasteiger partial charge in [0.05, 0.1) is 11.0 Å². The van der Waals surface area contributed by atoms with E-state index < -0.39 is 0 Å². The van der Waals surface area contributed by atoms with E-state index >= 15 is 0 Å². The summed E-state index contributed by atoms with van der Waals surface area (Å²) >= 11 is 0. The van der Waals surface area contributed by atoms with Crippen LogP contribution in [-0.2, 0) is 6.54 Å². The Hall–Kier alpha value is -1.59. The minimum Gasteiger partial charge on any atom is -0.396 e. The summed E-state index contributed by atoms with van der Waals surface area (Å²) in [7, 11) is 0. The van der Waals surface area contributed by atoms with Gasteiger partial charge in [-0.3, -0.25) is 9.13 Å². The highest BCUT2D eigenvalue weighted by Crippen LogP contribution is 2.48. The number of nitrogens with zero attached hydrogens (tertiary/aromatic N) is 3. The largest absolute Gasteiger partial charge is 0.396 e. The van der Waals surface area contributed by atoms with E-state index in [1.54, 1.807) is 0 Å². The molecule has 5 atom stereocenters. The second-order valence-corrected chi connectivity index (χ2v) is 9.38. The van der Waals surface area contributed by atoms with Gasteiger partial charge in [0.2, 0.25) is 0 Å². The Labute approximate surface area is 166 Å². The third-order valence-corrected chi connectivity index (χ3v) is 7.91. The van der Waals surface area contributed by atoms with Crippen LogP contribution in [0.25, 0.3) is 11.0 Å². The first-order chi connectivity index (χ1) is 13.7. The number of likely N-dealkylation sites (tertiary alicyclic amines) is 1. The van der Waals surface area contributed by atoms with Gasteiger partial charge in [-0.1, -0.05) is 18.6 Å². The summed E-state index contributed by atoms with van der Waals surface area (Å²) in [5.41, 5.74) is 2.10. The van der Waals surface area contributed by atoms with Crippen molar-refractivity contribution in [3.63, 3.8) is 0 Å². The van der Waals surface area contributed by atoms with Gasteiger partial charge in [-0.2, -0.15) is 0 Å². The van der Waals surface area contributed by atoms with Crippen molar-refractivity contribution >= 4 is 11.0 Å². The van der Waals surface area contributed by atoms with Crippen LogP contribution in [0, 0.1) is 23.7 Å². The molecular formula is C23H33N3O2. The number of aliphatic hydroxyl groups excluding tert-OH is 1. The monoisotopic (exact) mass is 383 g/mol. The number of para-hydroxylation sites is 2. The van der Waals surface area contributed by atoms with Gasteiger partial charge in [-0.15, -0.1) is 0 Å². The molecule has 0 radical (unpaired) electrons. The molecule has 5 heteroatoms. The smallest absolute Gasteiger partial charge is 0.329 e. The summed E-state index contributed by atoms with van der Waals surface area (Å²) in [6.45, 7) is 5.99. The topological polar surface area (TPSA) is 50.4 Å². The molecule has 2 aliphatic carbocycles.